The Morgan fingerprint density at radius 3 is 2.09 bits per heavy atom. The van der Waals surface area contributed by atoms with Gasteiger partial charge in [0, 0.05) is 24.7 Å². The van der Waals surface area contributed by atoms with Gasteiger partial charge in [0.05, 0.1) is 17.4 Å². The van der Waals surface area contributed by atoms with E-state index < -0.39 is 5.91 Å². The molecule has 0 spiro atoms. The monoisotopic (exact) mass is 460 g/mol. The minimum absolute atomic E-state index is 0.250. The van der Waals surface area contributed by atoms with Gasteiger partial charge < -0.3 is 10.6 Å². The highest BCUT2D eigenvalue weighted by atomic mass is 16.3. The van der Waals surface area contributed by atoms with Crippen LogP contribution in [0.5, 0.6) is 0 Å². The Balaban J connectivity index is 1.49. The van der Waals surface area contributed by atoms with Gasteiger partial charge in [-0.1, -0.05) is 72.5 Å². The third-order valence-corrected chi connectivity index (χ3v) is 6.98. The van der Waals surface area contributed by atoms with Crippen molar-refractivity contribution in [3.63, 3.8) is 0 Å². The molecule has 34 heavy (non-hydrogen) atoms. The number of fused-ring (bicyclic) bond motifs is 1. The molecule has 180 valence electrons. The number of nitrogens with one attached hydrogen (secondary N) is 2. The number of piperidine rings is 1. The van der Waals surface area contributed by atoms with Crippen LogP contribution in [0.1, 0.15) is 67.2 Å². The van der Waals surface area contributed by atoms with Crippen molar-refractivity contribution in [2.45, 2.75) is 71.0 Å². The third-order valence-electron chi connectivity index (χ3n) is 6.98. The van der Waals surface area contributed by atoms with Crippen LogP contribution in [0.15, 0.2) is 53.7 Å². The second-order valence-corrected chi connectivity index (χ2v) is 9.65. The summed E-state index contributed by atoms with van der Waals surface area (Å²) in [5, 5.41) is 10.3. The summed E-state index contributed by atoms with van der Waals surface area (Å²) < 4.78 is 0. The van der Waals surface area contributed by atoms with Gasteiger partial charge in [0.25, 0.3) is 5.91 Å². The van der Waals surface area contributed by atoms with Gasteiger partial charge in [-0.15, -0.1) is 4.91 Å². The zero-order chi connectivity index (χ0) is 23.9. The van der Waals surface area contributed by atoms with Crippen molar-refractivity contribution in [2.75, 3.05) is 13.1 Å². The van der Waals surface area contributed by atoms with Crippen LogP contribution in [-0.2, 0) is 4.79 Å². The first-order valence-electron chi connectivity index (χ1n) is 12.6. The van der Waals surface area contributed by atoms with E-state index >= 15 is 0 Å². The number of carbonyl (C=O) groups is 1. The second-order valence-electron chi connectivity index (χ2n) is 9.65. The predicted octanol–water partition coefficient (Wildman–Crippen LogP) is 5.36. The van der Waals surface area contributed by atoms with E-state index in [2.05, 4.69) is 83.1 Å². The molecule has 2 aliphatic heterocycles. The Bertz CT molecular complexity index is 1010. The van der Waals surface area contributed by atoms with Gasteiger partial charge in [0.2, 0.25) is 0 Å². The lowest BCUT2D eigenvalue weighted by Gasteiger charge is -2.47. The number of nitroso groups, excluding NO2 is 1. The molecule has 2 heterocycles. The zero-order valence-electron chi connectivity index (χ0n) is 20.3. The Labute approximate surface area is 202 Å². The van der Waals surface area contributed by atoms with Crippen LogP contribution < -0.4 is 10.6 Å². The quantitative estimate of drug-likeness (QED) is 0.389. The fraction of sp³-hybridized carbons (Fsp3) is 0.464. The van der Waals surface area contributed by atoms with E-state index in [-0.39, 0.29) is 12.6 Å². The van der Waals surface area contributed by atoms with E-state index in [0.717, 1.165) is 50.9 Å². The van der Waals surface area contributed by atoms with Crippen LogP contribution in [0.2, 0.25) is 0 Å². The Morgan fingerprint density at radius 1 is 0.882 bits per heavy atom. The van der Waals surface area contributed by atoms with Crippen LogP contribution in [0.25, 0.3) is 11.4 Å². The molecule has 0 aliphatic carbocycles. The number of nitrogens with zero attached hydrogens (tertiary/aromatic N) is 2. The second kappa shape index (κ2) is 11.4. The molecule has 0 saturated carbocycles. The number of carbonyl (C=O) groups excluding carboxylic acids is 1. The molecule has 1 fully saturated rings. The Kier molecular flexibility index (Phi) is 8.12. The molecule has 0 bridgehead atoms. The molecule has 1 amide bonds. The first-order valence-corrected chi connectivity index (χ1v) is 12.6. The molecular formula is C28H36N4O2. The molecule has 2 aromatic rings. The maximum Gasteiger partial charge on any atom is 0.286 e. The molecule has 6 heteroatoms. The lowest BCUT2D eigenvalue weighted by Crippen LogP contribution is -2.62. The lowest BCUT2D eigenvalue weighted by atomic mass is 9.93. The molecular weight excluding hydrogens is 424 g/mol. The smallest absolute Gasteiger partial charge is 0.286 e. The van der Waals surface area contributed by atoms with Crippen molar-refractivity contribution in [3.8, 4) is 0 Å². The van der Waals surface area contributed by atoms with Crippen LogP contribution in [0, 0.1) is 18.8 Å². The van der Waals surface area contributed by atoms with Gasteiger partial charge >= 0.3 is 0 Å². The van der Waals surface area contributed by atoms with Gasteiger partial charge in [-0.05, 0) is 50.7 Å². The van der Waals surface area contributed by atoms with E-state index in [0.29, 0.717) is 6.04 Å². The van der Waals surface area contributed by atoms with Crippen molar-refractivity contribution in [1.29, 1.82) is 0 Å². The van der Waals surface area contributed by atoms with Crippen molar-refractivity contribution in [3.05, 3.63) is 75.7 Å². The molecule has 2 N–H and O–H groups in total. The van der Waals surface area contributed by atoms with E-state index in [4.69, 9.17) is 0 Å². The SMILES string of the molecule is Cc1ccc(C2=C(c3ccc(C)cc3)NC3C(CCCN3CCCCCCC(=O)N=O)N2)cc1. The number of benzene rings is 2. The van der Waals surface area contributed by atoms with Crippen molar-refractivity contribution in [1.82, 2.24) is 15.5 Å². The van der Waals surface area contributed by atoms with Crippen LogP contribution in [0.3, 0.4) is 0 Å². The van der Waals surface area contributed by atoms with E-state index in [1.165, 1.54) is 34.4 Å². The number of hydrogen-bond donors (Lipinski definition) is 2. The van der Waals surface area contributed by atoms with E-state index in [1.54, 1.807) is 0 Å². The Morgan fingerprint density at radius 2 is 1.47 bits per heavy atom. The van der Waals surface area contributed by atoms with Crippen molar-refractivity contribution >= 4 is 17.3 Å². The van der Waals surface area contributed by atoms with E-state index in [1.807, 2.05) is 0 Å². The van der Waals surface area contributed by atoms with Gasteiger partial charge in [0.1, 0.15) is 6.17 Å². The number of unbranched alkanes of at least 4 members (excludes halogenated alkanes) is 3. The lowest BCUT2D eigenvalue weighted by molar-refractivity contribution is -0.118. The zero-order valence-corrected chi connectivity index (χ0v) is 20.3. The highest BCUT2D eigenvalue weighted by molar-refractivity contribution is 5.90. The first kappa shape index (κ1) is 24.1. The molecule has 2 atom stereocenters. The number of amides is 1. The van der Waals surface area contributed by atoms with Crippen LogP contribution in [0.4, 0.5) is 0 Å². The van der Waals surface area contributed by atoms with Gasteiger partial charge in [-0.3, -0.25) is 9.69 Å². The molecule has 2 unspecified atom stereocenters. The summed E-state index contributed by atoms with van der Waals surface area (Å²) in [6, 6.07) is 17.9. The molecule has 4 rings (SSSR count). The maximum absolute atomic E-state index is 11.1. The normalized spacial score (nSPS) is 20.3. The highest BCUT2D eigenvalue weighted by Gasteiger charge is 2.36. The van der Waals surface area contributed by atoms with Gasteiger partial charge in [-0.2, -0.15) is 0 Å². The first-order chi connectivity index (χ1) is 16.5. The summed E-state index contributed by atoms with van der Waals surface area (Å²) in [6.45, 7) is 6.36. The summed E-state index contributed by atoms with van der Waals surface area (Å²) in [5.74, 6) is -0.531. The molecule has 0 radical (unpaired) electrons. The summed E-state index contributed by atoms with van der Waals surface area (Å²) in [4.78, 5) is 23.8. The molecule has 2 aromatic carbocycles. The third kappa shape index (κ3) is 5.92. The van der Waals surface area contributed by atoms with Crippen molar-refractivity contribution < 1.29 is 4.79 Å². The van der Waals surface area contributed by atoms with Crippen LogP contribution in [-0.4, -0.2) is 36.1 Å². The summed E-state index contributed by atoms with van der Waals surface area (Å²) >= 11 is 0. The molecule has 2 aliphatic rings. The molecule has 6 nitrogen and oxygen atoms in total. The van der Waals surface area contributed by atoms with Crippen LogP contribution >= 0.6 is 0 Å². The molecule has 1 saturated heterocycles. The number of likely N-dealkylation sites (tertiary alicyclic amines) is 1. The fourth-order valence-corrected chi connectivity index (χ4v) is 5.02. The average molecular weight is 461 g/mol. The highest BCUT2D eigenvalue weighted by Crippen LogP contribution is 2.32. The van der Waals surface area contributed by atoms with Gasteiger partial charge in [-0.25, -0.2) is 0 Å². The fourth-order valence-electron chi connectivity index (χ4n) is 5.02. The minimum Gasteiger partial charge on any atom is -0.377 e. The number of aryl methyl sites for hydroxylation is 2. The maximum atomic E-state index is 11.1. The Hall–Kier alpha value is -2.99. The average Bonchev–Trinajstić information content (AvgIpc) is 2.86. The number of hydrogen-bond acceptors (Lipinski definition) is 5. The summed E-state index contributed by atoms with van der Waals surface area (Å²) in [6.07, 6.45) is 6.69. The number of rotatable bonds is 9. The topological polar surface area (TPSA) is 73.8 Å². The summed E-state index contributed by atoms with van der Waals surface area (Å²) in [5.41, 5.74) is 7.28. The minimum atomic E-state index is -0.531. The molecule has 0 aromatic heterocycles. The largest absolute Gasteiger partial charge is 0.377 e. The summed E-state index contributed by atoms with van der Waals surface area (Å²) in [7, 11) is 0. The van der Waals surface area contributed by atoms with E-state index in [9.17, 15) is 9.70 Å². The van der Waals surface area contributed by atoms with Gasteiger partial charge in [0.15, 0.2) is 0 Å². The van der Waals surface area contributed by atoms with Crippen molar-refractivity contribution in [2.24, 2.45) is 5.18 Å². The predicted molar refractivity (Wildman–Crippen MR) is 138 cm³/mol. The standard InChI is InChI=1S/C28H36N4O2/c1-20-10-14-22(15-11-20)26-27(23-16-12-21(2)13-17-23)30-28-24(29-26)8-7-19-32(28)18-6-4-3-5-9-25(33)31-34/h10-17,24,28-30H,3-9,18-19H2,1-2H3.